The van der Waals surface area contributed by atoms with Crippen molar-refractivity contribution in [3.8, 4) is 0 Å². The number of halogens is 4. The molecule has 2 saturated heterocycles. The van der Waals surface area contributed by atoms with Crippen molar-refractivity contribution in [2.24, 2.45) is 5.41 Å². The van der Waals surface area contributed by atoms with Crippen LogP contribution >= 0.6 is 0 Å². The lowest BCUT2D eigenvalue weighted by Crippen LogP contribution is -2.44. The Morgan fingerprint density at radius 1 is 1.15 bits per heavy atom. The Kier molecular flexibility index (Phi) is 8.46. The Hall–Kier alpha value is -2.99. The van der Waals surface area contributed by atoms with Crippen LogP contribution in [0.25, 0.3) is 0 Å². The van der Waals surface area contributed by atoms with Gasteiger partial charge in [-0.2, -0.15) is 17.6 Å². The predicted molar refractivity (Wildman–Crippen MR) is 142 cm³/mol. The Balaban J connectivity index is 1.27. The van der Waals surface area contributed by atoms with Gasteiger partial charge in [-0.25, -0.2) is 9.97 Å². The van der Waals surface area contributed by atoms with Crippen molar-refractivity contribution in [2.45, 2.75) is 63.3 Å². The third-order valence-electron chi connectivity index (χ3n) is 8.14. The molecule has 1 amide bonds. The zero-order valence-corrected chi connectivity index (χ0v) is 22.6. The number of hydrogen-bond donors (Lipinski definition) is 2. The molecule has 2 N–H and O–H groups in total. The molecule has 1 saturated carbocycles. The summed E-state index contributed by atoms with van der Waals surface area (Å²) < 4.78 is 60.3. The predicted octanol–water partition coefficient (Wildman–Crippen LogP) is 4.22. The number of ether oxygens (including phenoxy) is 1. The second-order valence-electron chi connectivity index (χ2n) is 11.4. The van der Waals surface area contributed by atoms with Crippen molar-refractivity contribution in [1.29, 1.82) is 0 Å². The van der Waals surface area contributed by atoms with Gasteiger partial charge >= 0.3 is 6.18 Å². The fraction of sp³-hybridized carbons (Fsp3) is 0.607. The first-order chi connectivity index (χ1) is 19.1. The molecule has 218 valence electrons. The highest BCUT2D eigenvalue weighted by Crippen LogP contribution is 2.37. The number of carbonyl (C=O) groups excluding carboxylic acids is 1. The molecule has 1 unspecified atom stereocenters. The number of benzene rings is 1. The summed E-state index contributed by atoms with van der Waals surface area (Å²) >= 11 is 0. The van der Waals surface area contributed by atoms with E-state index in [4.69, 9.17) is 4.74 Å². The molecule has 40 heavy (non-hydrogen) atoms. The van der Waals surface area contributed by atoms with E-state index in [1.54, 1.807) is 4.90 Å². The van der Waals surface area contributed by atoms with Gasteiger partial charge in [0.25, 0.3) is 0 Å². The van der Waals surface area contributed by atoms with Gasteiger partial charge in [-0.15, -0.1) is 0 Å². The molecule has 2 aliphatic heterocycles. The maximum absolute atomic E-state index is 15.8. The number of hydrogen-bond acceptors (Lipinski definition) is 7. The van der Waals surface area contributed by atoms with E-state index in [0.29, 0.717) is 44.6 Å². The quantitative estimate of drug-likeness (QED) is 0.418. The van der Waals surface area contributed by atoms with E-state index in [2.05, 4.69) is 25.5 Å². The highest BCUT2D eigenvalue weighted by Gasteiger charge is 2.37. The Bertz CT molecular complexity index is 1170. The first-order valence-corrected chi connectivity index (χ1v) is 13.8. The minimum Gasteiger partial charge on any atom is -0.381 e. The lowest BCUT2D eigenvalue weighted by atomic mass is 9.77. The fourth-order valence-corrected chi connectivity index (χ4v) is 5.61. The molecular formula is C28H36F4N6O2. The molecule has 3 heterocycles. The van der Waals surface area contributed by atoms with Crippen LogP contribution in [0.1, 0.15) is 49.7 Å². The number of aromatic nitrogens is 2. The third kappa shape index (κ3) is 7.01. The number of likely N-dealkylation sites (N-methyl/N-ethyl adjacent to an activating group) is 1. The minimum absolute atomic E-state index is 0.00991. The molecule has 0 radical (unpaired) electrons. The summed E-state index contributed by atoms with van der Waals surface area (Å²) in [4.78, 5) is 25.3. The van der Waals surface area contributed by atoms with Crippen LogP contribution < -0.4 is 15.5 Å². The number of amides is 1. The smallest absolute Gasteiger partial charge is 0.381 e. The normalized spacial score (nSPS) is 21.3. The molecule has 2 aromatic rings. The van der Waals surface area contributed by atoms with Crippen molar-refractivity contribution in [3.05, 3.63) is 47.5 Å². The molecule has 1 aliphatic carbocycles. The number of anilines is 2. The molecular weight excluding hydrogens is 528 g/mol. The van der Waals surface area contributed by atoms with Crippen LogP contribution in [0, 0.1) is 11.2 Å². The summed E-state index contributed by atoms with van der Waals surface area (Å²) in [6.45, 7) is 3.43. The van der Waals surface area contributed by atoms with E-state index < -0.39 is 23.0 Å². The van der Waals surface area contributed by atoms with Gasteiger partial charge in [0.1, 0.15) is 6.33 Å². The summed E-state index contributed by atoms with van der Waals surface area (Å²) in [6, 6.07) is 5.11. The highest BCUT2D eigenvalue weighted by molar-refractivity contribution is 5.77. The largest absolute Gasteiger partial charge is 0.416 e. The summed E-state index contributed by atoms with van der Waals surface area (Å²) in [5.74, 6) is -0.456. The number of nitrogens with zero attached hydrogens (tertiary/aromatic N) is 4. The second kappa shape index (κ2) is 11.9. The summed E-state index contributed by atoms with van der Waals surface area (Å²) in [5.41, 5.74) is -0.492. The first-order valence-electron chi connectivity index (χ1n) is 13.8. The maximum Gasteiger partial charge on any atom is 0.416 e. The first kappa shape index (κ1) is 28.5. The fourth-order valence-electron chi connectivity index (χ4n) is 5.61. The van der Waals surface area contributed by atoms with Crippen LogP contribution in [-0.4, -0.2) is 72.8 Å². The van der Waals surface area contributed by atoms with E-state index in [9.17, 15) is 18.0 Å². The lowest BCUT2D eigenvalue weighted by molar-refractivity contribution is -0.137. The molecule has 0 bridgehead atoms. The number of nitrogens with one attached hydrogen (secondary N) is 2. The maximum atomic E-state index is 15.8. The van der Waals surface area contributed by atoms with Crippen molar-refractivity contribution in [3.63, 3.8) is 0 Å². The monoisotopic (exact) mass is 564 g/mol. The molecule has 0 spiro atoms. The molecule has 3 fully saturated rings. The zero-order valence-electron chi connectivity index (χ0n) is 22.6. The van der Waals surface area contributed by atoms with E-state index in [0.717, 1.165) is 44.5 Å². The van der Waals surface area contributed by atoms with Gasteiger partial charge in [0, 0.05) is 56.8 Å². The average molecular weight is 565 g/mol. The van der Waals surface area contributed by atoms with Gasteiger partial charge in [0.05, 0.1) is 5.56 Å². The second-order valence-corrected chi connectivity index (χ2v) is 11.4. The average Bonchev–Trinajstić information content (AvgIpc) is 3.68. The highest BCUT2D eigenvalue weighted by atomic mass is 19.4. The van der Waals surface area contributed by atoms with Crippen molar-refractivity contribution < 1.29 is 27.1 Å². The summed E-state index contributed by atoms with van der Waals surface area (Å²) in [6.07, 6.45) is 1.15. The molecule has 5 rings (SSSR count). The van der Waals surface area contributed by atoms with Crippen molar-refractivity contribution in [1.82, 2.24) is 20.2 Å². The third-order valence-corrected chi connectivity index (χ3v) is 8.14. The topological polar surface area (TPSA) is 82.6 Å². The Morgan fingerprint density at radius 3 is 2.50 bits per heavy atom. The Labute approximate surface area is 231 Å². The van der Waals surface area contributed by atoms with E-state index in [1.165, 1.54) is 18.5 Å². The van der Waals surface area contributed by atoms with Gasteiger partial charge < -0.3 is 25.2 Å². The van der Waals surface area contributed by atoms with E-state index in [1.807, 2.05) is 7.05 Å². The van der Waals surface area contributed by atoms with Crippen LogP contribution in [0.5, 0.6) is 0 Å². The molecule has 12 heteroatoms. The van der Waals surface area contributed by atoms with Crippen LogP contribution in [0.2, 0.25) is 0 Å². The van der Waals surface area contributed by atoms with Gasteiger partial charge in [-0.1, -0.05) is 12.1 Å². The van der Waals surface area contributed by atoms with Crippen LogP contribution in [0.3, 0.4) is 0 Å². The SMILES string of the molecule is CN1CCC(NC(=O)CC2(CNc3ncnc(N(Cc4ccc(C(F)(F)F)cc4)C4CC4)c3F)CCOCC2)C1. The Morgan fingerprint density at radius 2 is 1.88 bits per heavy atom. The van der Waals surface area contributed by atoms with Crippen LogP contribution in [0.4, 0.5) is 29.2 Å². The number of carbonyl (C=O) groups is 1. The molecule has 8 nitrogen and oxygen atoms in total. The lowest BCUT2D eigenvalue weighted by Gasteiger charge is -2.37. The van der Waals surface area contributed by atoms with Gasteiger partial charge in [-0.3, -0.25) is 4.79 Å². The summed E-state index contributed by atoms with van der Waals surface area (Å²) in [5, 5.41) is 6.30. The van der Waals surface area contributed by atoms with E-state index in [-0.39, 0.29) is 36.2 Å². The number of likely N-dealkylation sites (tertiary alicyclic amines) is 1. The molecule has 1 aromatic heterocycles. The van der Waals surface area contributed by atoms with Gasteiger partial charge in [0.2, 0.25) is 11.7 Å². The minimum atomic E-state index is -4.41. The van der Waals surface area contributed by atoms with Crippen LogP contribution in [-0.2, 0) is 22.3 Å². The van der Waals surface area contributed by atoms with Gasteiger partial charge in [0.15, 0.2) is 11.6 Å². The number of alkyl halides is 3. The van der Waals surface area contributed by atoms with E-state index >= 15 is 4.39 Å². The molecule has 3 aliphatic rings. The van der Waals surface area contributed by atoms with Crippen molar-refractivity contribution in [2.75, 3.05) is 50.1 Å². The number of rotatable bonds is 10. The van der Waals surface area contributed by atoms with Gasteiger partial charge in [-0.05, 0) is 63.4 Å². The zero-order chi connectivity index (χ0) is 28.3. The standard InChI is InChI=1S/C28H36F4N6O2/c1-37-11-8-21(16-37)36-23(39)14-27(9-12-40-13-10-27)17-33-25-24(29)26(35-18-34-25)38(22-6-7-22)15-19-2-4-20(5-3-19)28(30,31)32/h2-5,18,21-22H,6-17H2,1H3,(H,36,39)(H,33,34,35). The summed E-state index contributed by atoms with van der Waals surface area (Å²) in [7, 11) is 2.04. The van der Waals surface area contributed by atoms with Crippen molar-refractivity contribution >= 4 is 17.5 Å². The van der Waals surface area contributed by atoms with Crippen LogP contribution in [0.15, 0.2) is 30.6 Å². The molecule has 1 aromatic carbocycles. The molecule has 1 atom stereocenters.